The number of carbonyl (C=O) groups is 3. The predicted octanol–water partition coefficient (Wildman–Crippen LogP) is 4.95. The van der Waals surface area contributed by atoms with Crippen LogP contribution in [0.15, 0.2) is 53.4 Å². The Labute approximate surface area is 186 Å². The highest BCUT2D eigenvalue weighted by Gasteiger charge is 2.36. The average molecular weight is 440 g/mol. The number of aryl methyl sites for hydroxylation is 1. The van der Waals surface area contributed by atoms with Gasteiger partial charge in [-0.25, -0.2) is 0 Å². The van der Waals surface area contributed by atoms with Crippen LogP contribution in [0.4, 0.5) is 4.79 Å². The highest BCUT2D eigenvalue weighted by molar-refractivity contribution is 8.18. The van der Waals surface area contributed by atoms with Gasteiger partial charge in [0.15, 0.2) is 0 Å². The maximum atomic E-state index is 12.7. The third kappa shape index (κ3) is 6.21. The van der Waals surface area contributed by atoms with E-state index in [0.717, 1.165) is 40.6 Å². The van der Waals surface area contributed by atoms with Crippen molar-refractivity contribution >= 4 is 35.0 Å². The van der Waals surface area contributed by atoms with E-state index in [-0.39, 0.29) is 18.1 Å². The standard InChI is InChI=1S/C24H25NO5S/c1-3-4-12-29-22(26)15-25-23(27)21(31-24(25)28)14-19-10-5-6-11-20(19)30-16-18-9-7-8-17(2)13-18/h5-11,13-14H,3-4,12,15-16H2,1-2H3/b21-14+. The molecule has 1 saturated heterocycles. The third-order valence-electron chi connectivity index (χ3n) is 4.60. The zero-order valence-corrected chi connectivity index (χ0v) is 18.4. The van der Waals surface area contributed by atoms with Crippen molar-refractivity contribution in [3.05, 3.63) is 70.1 Å². The van der Waals surface area contributed by atoms with Gasteiger partial charge in [-0.05, 0) is 42.8 Å². The van der Waals surface area contributed by atoms with Crippen LogP contribution in [0.5, 0.6) is 5.75 Å². The second kappa shape index (κ2) is 10.8. The monoisotopic (exact) mass is 439 g/mol. The predicted molar refractivity (Wildman–Crippen MR) is 120 cm³/mol. The van der Waals surface area contributed by atoms with Gasteiger partial charge in [0.2, 0.25) is 0 Å². The summed E-state index contributed by atoms with van der Waals surface area (Å²) >= 11 is 0.807. The smallest absolute Gasteiger partial charge is 0.326 e. The van der Waals surface area contributed by atoms with Gasteiger partial charge in [-0.2, -0.15) is 0 Å². The van der Waals surface area contributed by atoms with Crippen molar-refractivity contribution in [1.82, 2.24) is 4.90 Å². The quantitative estimate of drug-likeness (QED) is 0.313. The van der Waals surface area contributed by atoms with E-state index in [4.69, 9.17) is 9.47 Å². The summed E-state index contributed by atoms with van der Waals surface area (Å²) in [7, 11) is 0. The van der Waals surface area contributed by atoms with Gasteiger partial charge < -0.3 is 9.47 Å². The summed E-state index contributed by atoms with van der Waals surface area (Å²) in [6.45, 7) is 4.30. The molecule has 31 heavy (non-hydrogen) atoms. The topological polar surface area (TPSA) is 72.9 Å². The first-order valence-electron chi connectivity index (χ1n) is 10.2. The van der Waals surface area contributed by atoms with Gasteiger partial charge in [0.25, 0.3) is 11.1 Å². The largest absolute Gasteiger partial charge is 0.488 e. The van der Waals surface area contributed by atoms with Crippen LogP contribution < -0.4 is 4.74 Å². The molecule has 1 heterocycles. The lowest BCUT2D eigenvalue weighted by Gasteiger charge is -2.12. The van der Waals surface area contributed by atoms with Gasteiger partial charge in [-0.3, -0.25) is 19.3 Å². The fourth-order valence-electron chi connectivity index (χ4n) is 2.98. The second-order valence-electron chi connectivity index (χ2n) is 7.16. The molecule has 0 aromatic heterocycles. The van der Waals surface area contributed by atoms with Crippen molar-refractivity contribution in [2.24, 2.45) is 0 Å². The Hall–Kier alpha value is -3.06. The lowest BCUT2D eigenvalue weighted by atomic mass is 10.1. The SMILES string of the molecule is CCCCOC(=O)CN1C(=O)S/C(=C/c2ccccc2OCc2cccc(C)c2)C1=O. The van der Waals surface area contributed by atoms with Crippen molar-refractivity contribution in [3.8, 4) is 5.75 Å². The number of ether oxygens (including phenoxy) is 2. The van der Waals surface area contributed by atoms with E-state index in [1.165, 1.54) is 0 Å². The summed E-state index contributed by atoms with van der Waals surface area (Å²) in [5.41, 5.74) is 2.87. The number of hydrogen-bond donors (Lipinski definition) is 0. The molecule has 2 aromatic rings. The van der Waals surface area contributed by atoms with Gasteiger partial charge in [0.05, 0.1) is 11.5 Å². The minimum Gasteiger partial charge on any atom is -0.488 e. The normalized spacial score (nSPS) is 14.9. The van der Waals surface area contributed by atoms with Crippen LogP contribution in [0.1, 0.15) is 36.5 Å². The Balaban J connectivity index is 1.69. The third-order valence-corrected chi connectivity index (χ3v) is 5.51. The Kier molecular flexibility index (Phi) is 7.89. The minimum atomic E-state index is -0.584. The molecular weight excluding hydrogens is 414 g/mol. The van der Waals surface area contributed by atoms with E-state index in [1.54, 1.807) is 6.08 Å². The van der Waals surface area contributed by atoms with Crippen molar-refractivity contribution in [1.29, 1.82) is 0 Å². The van der Waals surface area contributed by atoms with Crippen LogP contribution in [0.2, 0.25) is 0 Å². The molecule has 0 radical (unpaired) electrons. The molecule has 0 unspecified atom stereocenters. The van der Waals surface area contributed by atoms with Gasteiger partial charge >= 0.3 is 5.97 Å². The molecule has 1 aliphatic rings. The van der Waals surface area contributed by atoms with Crippen LogP contribution in [-0.2, 0) is 20.9 Å². The molecule has 0 N–H and O–H groups in total. The Morgan fingerprint density at radius 1 is 1.13 bits per heavy atom. The molecule has 0 atom stereocenters. The summed E-state index contributed by atoms with van der Waals surface area (Å²) in [6.07, 6.45) is 3.26. The fourth-order valence-corrected chi connectivity index (χ4v) is 3.81. The number of thioether (sulfide) groups is 1. The van der Waals surface area contributed by atoms with Crippen molar-refractivity contribution < 1.29 is 23.9 Å². The first-order valence-corrected chi connectivity index (χ1v) is 11.0. The number of carbonyl (C=O) groups excluding carboxylic acids is 3. The van der Waals surface area contributed by atoms with E-state index in [1.807, 2.05) is 62.4 Å². The zero-order chi connectivity index (χ0) is 22.2. The van der Waals surface area contributed by atoms with E-state index in [9.17, 15) is 14.4 Å². The maximum Gasteiger partial charge on any atom is 0.326 e. The van der Waals surface area contributed by atoms with Crippen LogP contribution in [0, 0.1) is 6.92 Å². The molecule has 6 nitrogen and oxygen atoms in total. The highest BCUT2D eigenvalue weighted by atomic mass is 32.2. The van der Waals surface area contributed by atoms with Crippen LogP contribution in [0.3, 0.4) is 0 Å². The zero-order valence-electron chi connectivity index (χ0n) is 17.6. The number of amides is 2. The summed E-state index contributed by atoms with van der Waals surface area (Å²) in [5, 5.41) is -0.484. The Bertz CT molecular complexity index is 1000. The van der Waals surface area contributed by atoms with Crippen LogP contribution in [0.25, 0.3) is 6.08 Å². The van der Waals surface area contributed by atoms with Gasteiger partial charge in [-0.1, -0.05) is 61.4 Å². The first-order chi connectivity index (χ1) is 15.0. The molecule has 0 spiro atoms. The molecule has 7 heteroatoms. The molecule has 1 fully saturated rings. The lowest BCUT2D eigenvalue weighted by molar-refractivity contribution is -0.146. The minimum absolute atomic E-state index is 0.248. The van der Waals surface area contributed by atoms with Crippen molar-refractivity contribution in [2.45, 2.75) is 33.3 Å². The molecule has 2 aromatic carbocycles. The number of rotatable bonds is 9. The van der Waals surface area contributed by atoms with Crippen molar-refractivity contribution in [2.75, 3.05) is 13.2 Å². The van der Waals surface area contributed by atoms with Crippen LogP contribution >= 0.6 is 11.8 Å². The van der Waals surface area contributed by atoms with E-state index in [0.29, 0.717) is 17.9 Å². The first kappa shape index (κ1) is 22.6. The summed E-state index contributed by atoms with van der Waals surface area (Å²) in [6, 6.07) is 15.3. The molecular formula is C24H25NO5S. The number of imide groups is 1. The molecule has 2 amide bonds. The number of para-hydroxylation sites is 1. The molecule has 162 valence electrons. The number of benzene rings is 2. The Morgan fingerprint density at radius 3 is 2.71 bits per heavy atom. The average Bonchev–Trinajstić information content (AvgIpc) is 3.01. The number of hydrogen-bond acceptors (Lipinski definition) is 6. The van der Waals surface area contributed by atoms with E-state index in [2.05, 4.69) is 0 Å². The second-order valence-corrected chi connectivity index (χ2v) is 8.15. The summed E-state index contributed by atoms with van der Waals surface area (Å²) < 4.78 is 11.0. The van der Waals surface area contributed by atoms with Gasteiger partial charge in [0.1, 0.15) is 18.9 Å². The van der Waals surface area contributed by atoms with Gasteiger partial charge in [0, 0.05) is 5.56 Å². The van der Waals surface area contributed by atoms with E-state index < -0.39 is 17.1 Å². The molecule has 0 aliphatic carbocycles. The van der Waals surface area contributed by atoms with E-state index >= 15 is 0 Å². The molecule has 0 bridgehead atoms. The lowest BCUT2D eigenvalue weighted by Crippen LogP contribution is -2.34. The maximum absolute atomic E-state index is 12.7. The fraction of sp³-hybridized carbons (Fsp3) is 0.292. The molecule has 3 rings (SSSR count). The van der Waals surface area contributed by atoms with Crippen LogP contribution in [-0.4, -0.2) is 35.2 Å². The summed E-state index contributed by atoms with van der Waals surface area (Å²) in [5.74, 6) is -0.482. The van der Waals surface area contributed by atoms with Crippen molar-refractivity contribution in [3.63, 3.8) is 0 Å². The number of unbranched alkanes of at least 4 members (excludes halogenated alkanes) is 1. The van der Waals surface area contributed by atoms with Gasteiger partial charge in [-0.15, -0.1) is 0 Å². The highest BCUT2D eigenvalue weighted by Crippen LogP contribution is 2.34. The summed E-state index contributed by atoms with van der Waals surface area (Å²) in [4.78, 5) is 38.0. The molecule has 0 saturated carbocycles. The molecule has 1 aliphatic heterocycles. The Morgan fingerprint density at radius 2 is 1.94 bits per heavy atom. The number of esters is 1. The number of nitrogens with zero attached hydrogens (tertiary/aromatic N) is 1.